The fourth-order valence-corrected chi connectivity index (χ4v) is 4.13. The van der Waals surface area contributed by atoms with Crippen LogP contribution in [0.25, 0.3) is 11.0 Å². The van der Waals surface area contributed by atoms with E-state index in [0.717, 1.165) is 23.7 Å². The summed E-state index contributed by atoms with van der Waals surface area (Å²) in [6, 6.07) is 7.09. The Balaban J connectivity index is 2.07. The highest BCUT2D eigenvalue weighted by Crippen LogP contribution is 2.36. The molecule has 0 spiro atoms. The molecule has 0 radical (unpaired) electrons. The van der Waals surface area contributed by atoms with Gasteiger partial charge in [-0.05, 0) is 66.5 Å². The maximum atomic E-state index is 5.98. The van der Waals surface area contributed by atoms with E-state index in [-0.39, 0.29) is 0 Å². The Morgan fingerprint density at radius 2 is 2.15 bits per heavy atom. The summed E-state index contributed by atoms with van der Waals surface area (Å²) in [4.78, 5) is 4.83. The molecule has 3 rings (SSSR count). The summed E-state index contributed by atoms with van der Waals surface area (Å²) in [6.07, 6.45) is 6.32. The Hall–Kier alpha value is -0.290. The van der Waals surface area contributed by atoms with Crippen molar-refractivity contribution in [3.05, 3.63) is 27.6 Å². The molecule has 0 bridgehead atoms. The van der Waals surface area contributed by atoms with Crippen LogP contribution in [0.4, 0.5) is 0 Å². The molecule has 0 aliphatic heterocycles. The van der Waals surface area contributed by atoms with Crippen LogP contribution in [0.15, 0.2) is 18.2 Å². The fourth-order valence-electron chi connectivity index (χ4n) is 3.49. The molecule has 1 aromatic heterocycles. The second kappa shape index (κ2) is 6.22. The van der Waals surface area contributed by atoms with Crippen molar-refractivity contribution in [2.45, 2.75) is 45.1 Å². The Labute approximate surface area is 139 Å². The Bertz CT molecular complexity index is 602. The highest BCUT2D eigenvalue weighted by Gasteiger charge is 2.25. The molecule has 1 saturated carbocycles. The number of imidazole rings is 1. The first kappa shape index (κ1) is 14.6. The van der Waals surface area contributed by atoms with E-state index in [2.05, 4.69) is 52.3 Å². The van der Waals surface area contributed by atoms with Gasteiger partial charge in [-0.2, -0.15) is 0 Å². The van der Waals surface area contributed by atoms with E-state index in [1.807, 2.05) is 0 Å². The first-order valence-corrected chi connectivity index (χ1v) is 9.04. The standard InChI is InChI=1S/C16H20ClIN2/c1-11(12-4-2-3-5-12)20-15-7-6-13(18)10-14(15)19-16(20)8-9-17/h6-7,10-12H,2-5,8-9H2,1H3. The normalized spacial score (nSPS) is 17.9. The van der Waals surface area contributed by atoms with Crippen LogP contribution in [0.5, 0.6) is 0 Å². The number of hydrogen-bond acceptors (Lipinski definition) is 1. The van der Waals surface area contributed by atoms with Crippen LogP contribution >= 0.6 is 34.2 Å². The average molecular weight is 403 g/mol. The second-order valence-electron chi connectivity index (χ2n) is 5.76. The van der Waals surface area contributed by atoms with Crippen LogP contribution < -0.4 is 0 Å². The van der Waals surface area contributed by atoms with Gasteiger partial charge in [-0.1, -0.05) is 12.8 Å². The minimum absolute atomic E-state index is 0.528. The maximum Gasteiger partial charge on any atom is 0.111 e. The van der Waals surface area contributed by atoms with Gasteiger partial charge in [0, 0.05) is 21.9 Å². The van der Waals surface area contributed by atoms with Crippen LogP contribution in [0.1, 0.15) is 44.5 Å². The maximum absolute atomic E-state index is 5.98. The third-order valence-corrected chi connectivity index (χ3v) is 5.39. The van der Waals surface area contributed by atoms with Crippen LogP contribution in [-0.4, -0.2) is 15.4 Å². The van der Waals surface area contributed by atoms with Gasteiger partial charge in [-0.15, -0.1) is 11.6 Å². The number of aromatic nitrogens is 2. The number of rotatable bonds is 4. The molecule has 1 unspecified atom stereocenters. The van der Waals surface area contributed by atoms with Gasteiger partial charge >= 0.3 is 0 Å². The van der Waals surface area contributed by atoms with E-state index in [1.165, 1.54) is 34.8 Å². The molecule has 1 aliphatic rings. The lowest BCUT2D eigenvalue weighted by molar-refractivity contribution is 0.360. The predicted molar refractivity (Wildman–Crippen MR) is 93.5 cm³/mol. The largest absolute Gasteiger partial charge is 0.325 e. The van der Waals surface area contributed by atoms with Gasteiger partial charge in [-0.25, -0.2) is 4.98 Å². The van der Waals surface area contributed by atoms with Crippen LogP contribution in [0, 0.1) is 9.49 Å². The van der Waals surface area contributed by atoms with Gasteiger partial charge in [0.25, 0.3) is 0 Å². The van der Waals surface area contributed by atoms with Gasteiger partial charge in [0.15, 0.2) is 0 Å². The van der Waals surface area contributed by atoms with E-state index in [0.29, 0.717) is 11.9 Å². The molecule has 0 N–H and O–H groups in total. The molecule has 20 heavy (non-hydrogen) atoms. The number of nitrogens with zero attached hydrogens (tertiary/aromatic N) is 2. The van der Waals surface area contributed by atoms with Crippen molar-refractivity contribution in [2.24, 2.45) is 5.92 Å². The summed E-state index contributed by atoms with van der Waals surface area (Å²) >= 11 is 8.33. The summed E-state index contributed by atoms with van der Waals surface area (Å²) in [7, 11) is 0. The number of benzene rings is 1. The van der Waals surface area contributed by atoms with Crippen LogP contribution in [0.2, 0.25) is 0 Å². The quantitative estimate of drug-likeness (QED) is 0.509. The van der Waals surface area contributed by atoms with E-state index in [4.69, 9.17) is 16.6 Å². The number of aryl methyl sites for hydroxylation is 1. The zero-order chi connectivity index (χ0) is 14.1. The first-order chi connectivity index (χ1) is 9.70. The van der Waals surface area contributed by atoms with Gasteiger partial charge < -0.3 is 4.57 Å². The first-order valence-electron chi connectivity index (χ1n) is 7.43. The molecule has 1 aliphatic carbocycles. The smallest absolute Gasteiger partial charge is 0.111 e. The molecule has 2 aromatic rings. The summed E-state index contributed by atoms with van der Waals surface area (Å²) in [5, 5.41) is 0. The van der Waals surface area contributed by atoms with E-state index >= 15 is 0 Å². The highest BCUT2D eigenvalue weighted by atomic mass is 127. The average Bonchev–Trinajstić information content (AvgIpc) is 3.05. The van der Waals surface area contributed by atoms with Crippen LogP contribution in [-0.2, 0) is 6.42 Å². The summed E-state index contributed by atoms with van der Waals surface area (Å²) < 4.78 is 3.69. The second-order valence-corrected chi connectivity index (χ2v) is 7.38. The lowest BCUT2D eigenvalue weighted by Gasteiger charge is -2.23. The SMILES string of the molecule is CC(C1CCCC1)n1c(CCCl)nc2cc(I)ccc21. The minimum Gasteiger partial charge on any atom is -0.325 e. The predicted octanol–water partition coefficient (Wildman–Crippen LogP) is 5.17. The molecule has 0 saturated heterocycles. The van der Waals surface area contributed by atoms with E-state index in [9.17, 15) is 0 Å². The number of alkyl halides is 1. The molecule has 1 heterocycles. The molecule has 0 amide bonds. The summed E-state index contributed by atoms with van der Waals surface area (Å²) in [5.74, 6) is 2.58. The summed E-state index contributed by atoms with van der Waals surface area (Å²) in [6.45, 7) is 2.35. The zero-order valence-electron chi connectivity index (χ0n) is 11.8. The number of hydrogen-bond donors (Lipinski definition) is 0. The molecule has 1 fully saturated rings. The molecular weight excluding hydrogens is 383 g/mol. The fraction of sp³-hybridized carbons (Fsp3) is 0.562. The van der Waals surface area contributed by atoms with Crippen molar-refractivity contribution in [1.29, 1.82) is 0 Å². The van der Waals surface area contributed by atoms with Gasteiger partial charge in [0.2, 0.25) is 0 Å². The minimum atomic E-state index is 0.528. The van der Waals surface area contributed by atoms with Gasteiger partial charge in [0.05, 0.1) is 11.0 Å². The third-order valence-electron chi connectivity index (χ3n) is 4.53. The molecular formula is C16H20ClIN2. The molecule has 2 nitrogen and oxygen atoms in total. The third kappa shape index (κ3) is 2.71. The Kier molecular flexibility index (Phi) is 4.55. The van der Waals surface area contributed by atoms with Crippen LogP contribution in [0.3, 0.4) is 0 Å². The van der Waals surface area contributed by atoms with E-state index in [1.54, 1.807) is 0 Å². The topological polar surface area (TPSA) is 17.8 Å². The monoisotopic (exact) mass is 402 g/mol. The molecule has 4 heteroatoms. The van der Waals surface area contributed by atoms with Crippen molar-refractivity contribution in [2.75, 3.05) is 5.88 Å². The van der Waals surface area contributed by atoms with Gasteiger partial charge in [-0.3, -0.25) is 0 Å². The number of halogens is 2. The summed E-state index contributed by atoms with van der Waals surface area (Å²) in [5.41, 5.74) is 2.38. The molecule has 1 aromatic carbocycles. The number of fused-ring (bicyclic) bond motifs is 1. The van der Waals surface area contributed by atoms with Crippen molar-refractivity contribution in [3.8, 4) is 0 Å². The molecule has 108 valence electrons. The Morgan fingerprint density at radius 3 is 2.85 bits per heavy atom. The van der Waals surface area contributed by atoms with Gasteiger partial charge in [0.1, 0.15) is 5.82 Å². The van der Waals surface area contributed by atoms with E-state index < -0.39 is 0 Å². The van der Waals surface area contributed by atoms with Crippen molar-refractivity contribution >= 4 is 45.2 Å². The lowest BCUT2D eigenvalue weighted by Crippen LogP contribution is -2.17. The van der Waals surface area contributed by atoms with Crippen molar-refractivity contribution in [1.82, 2.24) is 9.55 Å². The zero-order valence-corrected chi connectivity index (χ0v) is 14.7. The van der Waals surface area contributed by atoms with Crippen molar-refractivity contribution < 1.29 is 0 Å². The highest BCUT2D eigenvalue weighted by molar-refractivity contribution is 14.1. The lowest BCUT2D eigenvalue weighted by atomic mass is 9.99. The Morgan fingerprint density at radius 1 is 1.40 bits per heavy atom. The van der Waals surface area contributed by atoms with Crippen molar-refractivity contribution in [3.63, 3.8) is 0 Å². The molecule has 1 atom stereocenters.